The Morgan fingerprint density at radius 2 is 2.18 bits per heavy atom. The molecular weight excluding hydrogens is 214 g/mol. The molecule has 2 aromatic rings. The lowest BCUT2D eigenvalue weighted by atomic mass is 10.3. The molecule has 0 aliphatic carbocycles. The van der Waals surface area contributed by atoms with Crippen molar-refractivity contribution in [2.45, 2.75) is 13.5 Å². The zero-order valence-electron chi connectivity index (χ0n) is 10.2. The molecule has 1 N–H and O–H groups in total. The van der Waals surface area contributed by atoms with E-state index in [1.54, 1.807) is 7.11 Å². The second-order valence-electron chi connectivity index (χ2n) is 3.75. The van der Waals surface area contributed by atoms with Crippen LogP contribution in [0.1, 0.15) is 12.5 Å². The number of methoxy groups -OCH3 is 1. The Hall–Kier alpha value is -1.81. The number of hydrogen-bond donors (Lipinski definition) is 1. The van der Waals surface area contributed by atoms with Gasteiger partial charge in [0.25, 0.3) is 0 Å². The summed E-state index contributed by atoms with van der Waals surface area (Å²) in [5, 5.41) is 7.62. The molecule has 0 amide bonds. The van der Waals surface area contributed by atoms with Crippen LogP contribution in [-0.2, 0) is 6.54 Å². The lowest BCUT2D eigenvalue weighted by molar-refractivity contribution is 0.411. The molecule has 2 rings (SSSR count). The van der Waals surface area contributed by atoms with Gasteiger partial charge < -0.3 is 10.1 Å². The van der Waals surface area contributed by atoms with E-state index in [0.717, 1.165) is 30.1 Å². The first-order valence-electron chi connectivity index (χ1n) is 5.72. The molecule has 0 unspecified atom stereocenters. The highest BCUT2D eigenvalue weighted by Crippen LogP contribution is 2.21. The molecule has 0 saturated heterocycles. The normalized spacial score (nSPS) is 10.5. The smallest absolute Gasteiger partial charge is 0.144 e. The van der Waals surface area contributed by atoms with E-state index >= 15 is 0 Å². The Bertz CT molecular complexity index is 479. The fourth-order valence-corrected chi connectivity index (χ4v) is 1.67. The second kappa shape index (κ2) is 5.50. The van der Waals surface area contributed by atoms with Gasteiger partial charge >= 0.3 is 0 Å². The molecule has 4 nitrogen and oxygen atoms in total. The number of aromatic nitrogens is 2. The first-order chi connectivity index (χ1) is 8.35. The summed E-state index contributed by atoms with van der Waals surface area (Å²) in [6, 6.07) is 7.85. The van der Waals surface area contributed by atoms with E-state index in [1.807, 2.05) is 41.3 Å². The quantitative estimate of drug-likeness (QED) is 0.855. The van der Waals surface area contributed by atoms with Crippen molar-refractivity contribution < 1.29 is 4.74 Å². The molecule has 17 heavy (non-hydrogen) atoms. The second-order valence-corrected chi connectivity index (χ2v) is 3.75. The summed E-state index contributed by atoms with van der Waals surface area (Å²) >= 11 is 0. The maximum atomic E-state index is 5.31. The van der Waals surface area contributed by atoms with E-state index in [1.165, 1.54) is 0 Å². The highest BCUT2D eigenvalue weighted by atomic mass is 16.5. The van der Waals surface area contributed by atoms with E-state index in [2.05, 4.69) is 17.3 Å². The SMILES string of the molecule is CCNCc1cnn(-c2ccccc2OC)c1. The Morgan fingerprint density at radius 3 is 2.94 bits per heavy atom. The van der Waals surface area contributed by atoms with Gasteiger partial charge in [-0.3, -0.25) is 0 Å². The number of benzene rings is 1. The van der Waals surface area contributed by atoms with Crippen molar-refractivity contribution in [3.05, 3.63) is 42.2 Å². The highest BCUT2D eigenvalue weighted by molar-refractivity contribution is 5.46. The molecule has 1 heterocycles. The molecule has 4 heteroatoms. The van der Waals surface area contributed by atoms with E-state index in [0.29, 0.717) is 0 Å². The molecule has 0 bridgehead atoms. The molecule has 0 spiro atoms. The van der Waals surface area contributed by atoms with Crippen LogP contribution in [0, 0.1) is 0 Å². The minimum atomic E-state index is 0.825. The number of nitrogens with one attached hydrogen (secondary N) is 1. The van der Waals surface area contributed by atoms with Crippen molar-refractivity contribution in [2.75, 3.05) is 13.7 Å². The molecule has 0 aliphatic heterocycles. The predicted molar refractivity (Wildman–Crippen MR) is 67.5 cm³/mol. The minimum Gasteiger partial charge on any atom is -0.494 e. The van der Waals surface area contributed by atoms with Crippen LogP contribution in [-0.4, -0.2) is 23.4 Å². The Labute approximate surface area is 101 Å². The van der Waals surface area contributed by atoms with Gasteiger partial charge in [0.2, 0.25) is 0 Å². The maximum Gasteiger partial charge on any atom is 0.144 e. The van der Waals surface area contributed by atoms with Gasteiger partial charge in [0.1, 0.15) is 11.4 Å². The first-order valence-corrected chi connectivity index (χ1v) is 5.72. The van der Waals surface area contributed by atoms with Gasteiger partial charge in [-0.2, -0.15) is 5.10 Å². The summed E-state index contributed by atoms with van der Waals surface area (Å²) in [6.07, 6.45) is 3.88. The van der Waals surface area contributed by atoms with Crippen molar-refractivity contribution in [3.8, 4) is 11.4 Å². The third-order valence-corrected chi connectivity index (χ3v) is 2.55. The molecule has 0 fully saturated rings. The van der Waals surface area contributed by atoms with E-state index in [4.69, 9.17) is 4.74 Å². The predicted octanol–water partition coefficient (Wildman–Crippen LogP) is 1.99. The lowest BCUT2D eigenvalue weighted by Gasteiger charge is -2.07. The minimum absolute atomic E-state index is 0.825. The fourth-order valence-electron chi connectivity index (χ4n) is 1.67. The lowest BCUT2D eigenvalue weighted by Crippen LogP contribution is -2.10. The molecule has 90 valence electrons. The zero-order valence-corrected chi connectivity index (χ0v) is 10.2. The molecular formula is C13H17N3O. The van der Waals surface area contributed by atoms with Crippen molar-refractivity contribution in [2.24, 2.45) is 0 Å². The van der Waals surface area contributed by atoms with Gasteiger partial charge in [0.15, 0.2) is 0 Å². The van der Waals surface area contributed by atoms with Gasteiger partial charge in [0, 0.05) is 18.3 Å². The molecule has 0 aliphatic rings. The van der Waals surface area contributed by atoms with Crippen molar-refractivity contribution in [3.63, 3.8) is 0 Å². The van der Waals surface area contributed by atoms with Crippen LogP contribution in [0.2, 0.25) is 0 Å². The average Bonchev–Trinajstić information content (AvgIpc) is 2.85. The summed E-state index contributed by atoms with van der Waals surface area (Å²) in [7, 11) is 1.67. The van der Waals surface area contributed by atoms with Crippen molar-refractivity contribution in [1.29, 1.82) is 0 Å². The Morgan fingerprint density at radius 1 is 1.35 bits per heavy atom. The monoisotopic (exact) mass is 231 g/mol. The standard InChI is InChI=1S/C13H17N3O/c1-3-14-8-11-9-15-16(10-11)12-6-4-5-7-13(12)17-2/h4-7,9-10,14H,3,8H2,1-2H3. The molecule has 1 aromatic carbocycles. The van der Waals surface area contributed by atoms with Crippen LogP contribution < -0.4 is 10.1 Å². The van der Waals surface area contributed by atoms with Crippen LogP contribution in [0.25, 0.3) is 5.69 Å². The highest BCUT2D eigenvalue weighted by Gasteiger charge is 2.05. The molecule has 0 radical (unpaired) electrons. The number of para-hydroxylation sites is 2. The van der Waals surface area contributed by atoms with Gasteiger partial charge in [-0.05, 0) is 18.7 Å². The van der Waals surface area contributed by atoms with Gasteiger partial charge in [0.05, 0.1) is 13.3 Å². The molecule has 0 saturated carbocycles. The van der Waals surface area contributed by atoms with Crippen molar-refractivity contribution in [1.82, 2.24) is 15.1 Å². The third-order valence-electron chi connectivity index (χ3n) is 2.55. The molecule has 0 atom stereocenters. The summed E-state index contributed by atoms with van der Waals surface area (Å²) in [5.74, 6) is 0.825. The van der Waals surface area contributed by atoms with Crippen LogP contribution in [0.15, 0.2) is 36.7 Å². The van der Waals surface area contributed by atoms with Crippen LogP contribution >= 0.6 is 0 Å². The fraction of sp³-hybridized carbons (Fsp3) is 0.308. The number of hydrogen-bond acceptors (Lipinski definition) is 3. The topological polar surface area (TPSA) is 39.1 Å². The van der Waals surface area contributed by atoms with E-state index in [9.17, 15) is 0 Å². The van der Waals surface area contributed by atoms with E-state index in [-0.39, 0.29) is 0 Å². The van der Waals surface area contributed by atoms with Crippen LogP contribution in [0.5, 0.6) is 5.75 Å². The van der Waals surface area contributed by atoms with Crippen LogP contribution in [0.3, 0.4) is 0 Å². The summed E-state index contributed by atoms with van der Waals surface area (Å²) in [4.78, 5) is 0. The number of rotatable bonds is 5. The Kier molecular flexibility index (Phi) is 3.77. The average molecular weight is 231 g/mol. The van der Waals surface area contributed by atoms with Gasteiger partial charge in [-0.1, -0.05) is 19.1 Å². The van der Waals surface area contributed by atoms with E-state index < -0.39 is 0 Å². The van der Waals surface area contributed by atoms with Gasteiger partial charge in [-0.25, -0.2) is 4.68 Å². The van der Waals surface area contributed by atoms with Gasteiger partial charge in [-0.15, -0.1) is 0 Å². The third kappa shape index (κ3) is 2.65. The first kappa shape index (κ1) is 11.7. The maximum absolute atomic E-state index is 5.31. The number of nitrogens with zero attached hydrogens (tertiary/aromatic N) is 2. The summed E-state index contributed by atoms with van der Waals surface area (Å²) in [5.41, 5.74) is 2.12. The Balaban J connectivity index is 2.24. The zero-order chi connectivity index (χ0) is 12.1. The largest absolute Gasteiger partial charge is 0.494 e. The van der Waals surface area contributed by atoms with Crippen molar-refractivity contribution >= 4 is 0 Å². The molecule has 1 aromatic heterocycles. The number of ether oxygens (including phenoxy) is 1. The summed E-state index contributed by atoms with van der Waals surface area (Å²) in [6.45, 7) is 3.89. The van der Waals surface area contributed by atoms with Crippen LogP contribution in [0.4, 0.5) is 0 Å². The summed E-state index contributed by atoms with van der Waals surface area (Å²) < 4.78 is 7.15.